The first-order valence-corrected chi connectivity index (χ1v) is 11.4. The van der Waals surface area contributed by atoms with Gasteiger partial charge in [-0.3, -0.25) is 4.79 Å². The van der Waals surface area contributed by atoms with Crippen LogP contribution in [0.2, 0.25) is 0 Å². The Balaban J connectivity index is 1.89. The van der Waals surface area contributed by atoms with Crippen LogP contribution in [0, 0.1) is 11.7 Å². The van der Waals surface area contributed by atoms with E-state index in [1.807, 2.05) is 0 Å². The molecule has 0 spiro atoms. The summed E-state index contributed by atoms with van der Waals surface area (Å²) in [6.45, 7) is 0.628. The zero-order valence-corrected chi connectivity index (χ0v) is 17.9. The van der Waals surface area contributed by atoms with Gasteiger partial charge >= 0.3 is 0 Å². The molecule has 3 rings (SSSR count). The number of aromatic nitrogens is 1. The van der Waals surface area contributed by atoms with E-state index in [4.69, 9.17) is 4.74 Å². The lowest BCUT2D eigenvalue weighted by Gasteiger charge is -2.18. The topological polar surface area (TPSA) is 85.4 Å². The number of alkyl halides is 2. The summed E-state index contributed by atoms with van der Waals surface area (Å²) in [4.78, 5) is 16.5. The Hall–Kier alpha value is -2.95. The molecule has 1 aliphatic rings. The molecule has 0 unspecified atom stereocenters. The summed E-state index contributed by atoms with van der Waals surface area (Å²) in [6, 6.07) is 5.68. The number of carbonyl (C=O) groups excluding carboxylic acids is 1. The second-order valence-corrected chi connectivity index (χ2v) is 9.51. The first-order valence-electron chi connectivity index (χ1n) is 9.55. The molecular weight excluding hydrogens is 452 g/mol. The lowest BCUT2D eigenvalue weighted by Crippen LogP contribution is -2.36. The van der Waals surface area contributed by atoms with E-state index in [0.29, 0.717) is 26.0 Å². The van der Waals surface area contributed by atoms with Gasteiger partial charge in [0.15, 0.2) is 0 Å². The van der Waals surface area contributed by atoms with E-state index in [1.54, 1.807) is 0 Å². The fraction of sp³-hybridized carbons (Fsp3) is 0.333. The lowest BCUT2D eigenvalue weighted by molar-refractivity contribution is 0.0149. The average molecular weight is 472 g/mol. The normalized spacial score (nSPS) is 15.9. The van der Waals surface area contributed by atoms with Gasteiger partial charge in [0.2, 0.25) is 20.9 Å². The van der Waals surface area contributed by atoms with E-state index >= 15 is 0 Å². The summed E-state index contributed by atoms with van der Waals surface area (Å²) in [7, 11) is -4.07. The molecule has 6 nitrogen and oxygen atoms in total. The fourth-order valence-corrected chi connectivity index (χ4v) is 3.23. The van der Waals surface area contributed by atoms with Crippen LogP contribution < -0.4 is 10.1 Å². The minimum absolute atomic E-state index is 0.0240. The highest BCUT2D eigenvalue weighted by Gasteiger charge is 2.34. The third-order valence-corrected chi connectivity index (χ3v) is 5.53. The van der Waals surface area contributed by atoms with Gasteiger partial charge in [0.25, 0.3) is 11.8 Å². The van der Waals surface area contributed by atoms with Crippen molar-refractivity contribution in [2.75, 3.05) is 6.26 Å². The van der Waals surface area contributed by atoms with Gasteiger partial charge in [-0.2, -0.15) is 4.39 Å². The Morgan fingerprint density at radius 3 is 2.38 bits per heavy atom. The molecule has 1 aromatic carbocycles. The summed E-state index contributed by atoms with van der Waals surface area (Å²) in [6.07, 6.45) is 2.84. The zero-order valence-electron chi connectivity index (χ0n) is 17.1. The Morgan fingerprint density at radius 2 is 1.84 bits per heavy atom. The molecule has 1 amide bonds. The van der Waals surface area contributed by atoms with E-state index in [9.17, 15) is 30.8 Å². The number of sulfone groups is 1. The van der Waals surface area contributed by atoms with Crippen LogP contribution >= 0.6 is 0 Å². The van der Waals surface area contributed by atoms with Crippen molar-refractivity contribution in [3.8, 4) is 11.6 Å². The van der Waals surface area contributed by atoms with Gasteiger partial charge < -0.3 is 10.1 Å². The van der Waals surface area contributed by atoms with Crippen molar-refractivity contribution in [3.63, 3.8) is 0 Å². The Labute approximate surface area is 182 Å². The lowest BCUT2D eigenvalue weighted by atomic mass is 10.1. The largest absolute Gasteiger partial charge is 0.438 e. The molecule has 1 aromatic heterocycles. The smallest absolute Gasteiger partial charge is 0.275 e. The number of rotatable bonds is 8. The maximum Gasteiger partial charge on any atom is 0.275 e. The number of benzene rings is 1. The second-order valence-electron chi connectivity index (χ2n) is 7.57. The average Bonchev–Trinajstić information content (AvgIpc) is 3.52. The van der Waals surface area contributed by atoms with Crippen LogP contribution in [0.1, 0.15) is 35.8 Å². The predicted molar refractivity (Wildman–Crippen MR) is 108 cm³/mol. The van der Waals surface area contributed by atoms with Crippen molar-refractivity contribution in [2.45, 2.75) is 31.7 Å². The summed E-state index contributed by atoms with van der Waals surface area (Å²) < 4.78 is 83.1. The summed E-state index contributed by atoms with van der Waals surface area (Å²) >= 11 is 0. The minimum Gasteiger partial charge on any atom is -0.438 e. The third-order valence-electron chi connectivity index (χ3n) is 4.69. The highest BCUT2D eigenvalue weighted by molar-refractivity contribution is 7.94. The minimum atomic E-state index is -4.07. The molecular formula is C21H20F4N2O4S. The third kappa shape index (κ3) is 6.06. The predicted octanol–water partition coefficient (Wildman–Crippen LogP) is 4.49. The van der Waals surface area contributed by atoms with Crippen molar-refractivity contribution in [3.05, 3.63) is 64.7 Å². The zero-order chi connectivity index (χ0) is 23.7. The van der Waals surface area contributed by atoms with Gasteiger partial charge in [-0.25, -0.2) is 26.6 Å². The number of ether oxygens (including phenoxy) is 1. The molecule has 1 saturated carbocycles. The van der Waals surface area contributed by atoms with Crippen LogP contribution in [0.4, 0.5) is 17.6 Å². The van der Waals surface area contributed by atoms with Gasteiger partial charge in [0, 0.05) is 13.2 Å². The van der Waals surface area contributed by atoms with E-state index in [1.165, 1.54) is 12.1 Å². The first-order chi connectivity index (χ1) is 14.8. The molecule has 11 heteroatoms. The summed E-state index contributed by atoms with van der Waals surface area (Å²) in [5.41, 5.74) is -0.894. The standard InChI is InChI=1S/C21H20F4N2O4S/c1-21(24,25)15-9-10-16(27-20(15)31-14-7-5-13(22)6-8-14)19(28)26-17(12-3-4-12)11-18(23)32(2,29)30/h5-12,17H,3-4H2,1-2H3,(H,26,28)/b18-11+/t17-/m1/s1. The van der Waals surface area contributed by atoms with Crippen molar-refractivity contribution in [1.29, 1.82) is 0 Å². The van der Waals surface area contributed by atoms with Gasteiger partial charge in [0.05, 0.1) is 11.6 Å². The molecule has 1 fully saturated rings. The number of carbonyl (C=O) groups is 1. The Kier molecular flexibility index (Phi) is 6.59. The first kappa shape index (κ1) is 23.7. The molecule has 0 saturated heterocycles. The Bertz CT molecular complexity index is 1140. The maximum atomic E-state index is 14.0. The number of nitrogens with zero attached hydrogens (tertiary/aromatic N) is 1. The molecule has 1 N–H and O–H groups in total. The van der Waals surface area contributed by atoms with Crippen LogP contribution in [-0.4, -0.2) is 31.6 Å². The van der Waals surface area contributed by atoms with Gasteiger partial charge in [-0.15, -0.1) is 0 Å². The number of nitrogens with one attached hydrogen (secondary N) is 1. The van der Waals surface area contributed by atoms with E-state index in [2.05, 4.69) is 10.3 Å². The van der Waals surface area contributed by atoms with Crippen molar-refractivity contribution >= 4 is 15.7 Å². The molecule has 0 radical (unpaired) electrons. The van der Waals surface area contributed by atoms with Crippen LogP contribution in [0.15, 0.2) is 47.6 Å². The van der Waals surface area contributed by atoms with Gasteiger partial charge in [0.1, 0.15) is 17.3 Å². The summed E-state index contributed by atoms with van der Waals surface area (Å²) in [5.74, 6) is -5.42. The summed E-state index contributed by atoms with van der Waals surface area (Å²) in [5, 5.41) is 1.11. The SMILES string of the molecule is CC(F)(F)c1ccc(C(=O)N[C@H](/C=C(\F)S(C)(=O)=O)C2CC2)nc1Oc1ccc(F)cc1. The highest BCUT2D eigenvalue weighted by atomic mass is 32.2. The number of halogens is 4. The van der Waals surface area contributed by atoms with Crippen molar-refractivity contribution in [1.82, 2.24) is 10.3 Å². The number of amides is 1. The number of hydrogen-bond acceptors (Lipinski definition) is 5. The monoisotopic (exact) mass is 472 g/mol. The fourth-order valence-electron chi connectivity index (χ4n) is 2.83. The van der Waals surface area contributed by atoms with E-state index in [0.717, 1.165) is 30.3 Å². The molecule has 0 aliphatic heterocycles. The molecule has 1 heterocycles. The van der Waals surface area contributed by atoms with Crippen LogP contribution in [0.25, 0.3) is 0 Å². The second kappa shape index (κ2) is 8.89. The molecule has 2 aromatic rings. The number of pyridine rings is 1. The van der Waals surface area contributed by atoms with Crippen molar-refractivity contribution in [2.24, 2.45) is 5.92 Å². The van der Waals surface area contributed by atoms with Crippen molar-refractivity contribution < 1.29 is 35.5 Å². The number of hydrogen-bond donors (Lipinski definition) is 1. The maximum absolute atomic E-state index is 14.0. The molecule has 32 heavy (non-hydrogen) atoms. The van der Waals surface area contributed by atoms with E-state index < -0.39 is 50.1 Å². The van der Waals surface area contributed by atoms with Gasteiger partial charge in [-0.1, -0.05) is 0 Å². The highest BCUT2D eigenvalue weighted by Crippen LogP contribution is 2.36. The van der Waals surface area contributed by atoms with Gasteiger partial charge in [-0.05, 0) is 61.2 Å². The van der Waals surface area contributed by atoms with E-state index in [-0.39, 0.29) is 17.4 Å². The van der Waals surface area contributed by atoms with Crippen LogP contribution in [0.3, 0.4) is 0 Å². The Morgan fingerprint density at radius 1 is 1.22 bits per heavy atom. The molecule has 0 bridgehead atoms. The molecule has 1 atom stereocenters. The van der Waals surface area contributed by atoms with Crippen LogP contribution in [0.5, 0.6) is 11.6 Å². The van der Waals surface area contributed by atoms with Crippen LogP contribution in [-0.2, 0) is 15.8 Å². The molecule has 172 valence electrons. The quantitative estimate of drug-likeness (QED) is 0.573. The molecule has 1 aliphatic carbocycles.